The fourth-order valence-electron chi connectivity index (χ4n) is 9.47. The van der Waals surface area contributed by atoms with E-state index in [4.69, 9.17) is 4.52 Å². The molecule has 2 atom stereocenters. The second-order valence-electron chi connectivity index (χ2n) is 20.3. The van der Waals surface area contributed by atoms with Crippen molar-refractivity contribution in [3.8, 4) is 0 Å². The number of aliphatic hydroxyl groups is 1. The molecular weight excluding hydrogens is 814 g/mol. The number of phosphoric acid groups is 1. The molecule has 64 heavy (non-hydrogen) atoms. The van der Waals surface area contributed by atoms with Crippen LogP contribution in [0, 0.1) is 0 Å². The number of unbranched alkanes of at least 4 members (excludes halogenated alkanes) is 46. The molecule has 0 heterocycles. The van der Waals surface area contributed by atoms with E-state index in [1.807, 2.05) is 0 Å². The van der Waals surface area contributed by atoms with E-state index in [9.17, 15) is 24.3 Å². The van der Waals surface area contributed by atoms with Gasteiger partial charge in [-0.2, -0.15) is 0 Å². The van der Waals surface area contributed by atoms with E-state index in [2.05, 4.69) is 19.2 Å². The van der Waals surface area contributed by atoms with Crippen LogP contribution in [-0.2, 0) is 13.9 Å². The minimum absolute atomic E-state index is 0.185. The lowest BCUT2D eigenvalue weighted by atomic mass is 10.0. The largest absolute Gasteiger partial charge is 0.469 e. The lowest BCUT2D eigenvalue weighted by Gasteiger charge is -2.24. The lowest BCUT2D eigenvalue weighted by molar-refractivity contribution is -0.123. The molecule has 0 rings (SSSR count). The molecule has 0 aromatic rings. The smallest absolute Gasteiger partial charge is 0.391 e. The first kappa shape index (κ1) is 63.5. The Bertz CT molecular complexity index is 962. The molecule has 0 fully saturated rings. The van der Waals surface area contributed by atoms with Crippen molar-refractivity contribution >= 4 is 13.7 Å². The highest BCUT2D eigenvalue weighted by atomic mass is 31.2. The van der Waals surface area contributed by atoms with Crippen molar-refractivity contribution in [1.29, 1.82) is 0 Å². The van der Waals surface area contributed by atoms with E-state index >= 15 is 0 Å². The van der Waals surface area contributed by atoms with Crippen molar-refractivity contribution in [2.75, 3.05) is 6.61 Å². The predicted octanol–water partition coefficient (Wildman–Crippen LogP) is 18.5. The van der Waals surface area contributed by atoms with Crippen molar-refractivity contribution in [1.82, 2.24) is 5.32 Å². The molecule has 4 N–H and O–H groups in total. The summed E-state index contributed by atoms with van der Waals surface area (Å²) in [5.74, 6) is -0.185. The van der Waals surface area contributed by atoms with Gasteiger partial charge in [-0.15, -0.1) is 0 Å². The first-order valence-corrected chi connectivity index (χ1v) is 30.5. The van der Waals surface area contributed by atoms with Crippen LogP contribution < -0.4 is 5.32 Å². The molecule has 0 aromatic heterocycles. The van der Waals surface area contributed by atoms with Crippen LogP contribution in [0.4, 0.5) is 0 Å². The van der Waals surface area contributed by atoms with Crippen molar-refractivity contribution in [2.45, 2.75) is 347 Å². The van der Waals surface area contributed by atoms with Crippen LogP contribution in [0.2, 0.25) is 0 Å². The number of hydrogen-bond donors (Lipinski definition) is 4. The second kappa shape index (κ2) is 51.9. The Kier molecular flexibility index (Phi) is 51.5. The molecule has 0 bridgehead atoms. The molecule has 8 heteroatoms. The minimum Gasteiger partial charge on any atom is -0.391 e. The zero-order chi connectivity index (χ0) is 46.7. The van der Waals surface area contributed by atoms with Gasteiger partial charge in [-0.3, -0.25) is 9.32 Å². The number of phosphoric ester groups is 1. The summed E-state index contributed by atoms with van der Waals surface area (Å²) in [5, 5.41) is 13.6. The SMILES string of the molecule is CCCCCCCCCCCCCCCCCCCCCCCCCCCCCCCCCCCCC(=O)N[C@@H](COP(=O)(O)O)[C@H](O)CCCCCCCCCCCCCCCC. The van der Waals surface area contributed by atoms with E-state index < -0.39 is 26.6 Å². The normalized spacial score (nSPS) is 12.9. The Hall–Kier alpha value is -0.460. The van der Waals surface area contributed by atoms with Crippen molar-refractivity contribution < 1.29 is 28.8 Å². The highest BCUT2D eigenvalue weighted by molar-refractivity contribution is 7.46. The maximum Gasteiger partial charge on any atom is 0.469 e. The number of amides is 1. The van der Waals surface area contributed by atoms with E-state index in [0.29, 0.717) is 12.8 Å². The summed E-state index contributed by atoms with van der Waals surface area (Å²) < 4.78 is 16.0. The van der Waals surface area contributed by atoms with Gasteiger partial charge in [0.15, 0.2) is 0 Å². The average Bonchev–Trinajstić information content (AvgIpc) is 3.27. The minimum atomic E-state index is -4.69. The van der Waals surface area contributed by atoms with Crippen LogP contribution in [0.1, 0.15) is 335 Å². The van der Waals surface area contributed by atoms with Gasteiger partial charge in [0.25, 0.3) is 0 Å². The van der Waals surface area contributed by atoms with Crippen LogP contribution >= 0.6 is 7.82 Å². The van der Waals surface area contributed by atoms with Gasteiger partial charge in [-0.25, -0.2) is 4.57 Å². The Labute approximate surface area is 400 Å². The van der Waals surface area contributed by atoms with Crippen molar-refractivity contribution in [3.05, 3.63) is 0 Å². The Morgan fingerprint density at radius 3 is 0.844 bits per heavy atom. The monoisotopic (exact) mass is 928 g/mol. The van der Waals surface area contributed by atoms with E-state index in [0.717, 1.165) is 38.5 Å². The van der Waals surface area contributed by atoms with Gasteiger partial charge < -0.3 is 20.2 Å². The molecule has 0 aromatic carbocycles. The topological polar surface area (TPSA) is 116 Å². The summed E-state index contributed by atoms with van der Waals surface area (Å²) in [6, 6.07) is -0.819. The molecule has 0 aliphatic rings. The summed E-state index contributed by atoms with van der Waals surface area (Å²) in [7, 11) is -4.69. The molecule has 0 saturated heterocycles. The van der Waals surface area contributed by atoms with Crippen LogP contribution in [-0.4, -0.2) is 39.6 Å². The zero-order valence-corrected chi connectivity index (χ0v) is 44.1. The fourth-order valence-corrected chi connectivity index (χ4v) is 9.82. The standard InChI is InChI=1S/C56H114NO6P/c1-3-5-7-9-11-13-15-17-19-20-21-22-23-24-25-26-27-28-29-30-31-32-33-34-35-36-37-38-40-42-44-46-48-50-52-56(59)57-54(53-63-64(60,61)62)55(58)51-49-47-45-43-41-39-18-16-14-12-10-8-6-4-2/h54-55,58H,3-53H2,1-2H3,(H,57,59)(H2,60,61,62)/t54-,55+/m0/s1. The molecule has 0 aliphatic carbocycles. The maximum atomic E-state index is 12.7. The Balaban J connectivity index is 3.59. The Morgan fingerprint density at radius 1 is 0.391 bits per heavy atom. The van der Waals surface area contributed by atoms with E-state index in [1.54, 1.807) is 0 Å². The van der Waals surface area contributed by atoms with Gasteiger partial charge in [-0.1, -0.05) is 316 Å². The van der Waals surface area contributed by atoms with Crippen molar-refractivity contribution in [2.24, 2.45) is 0 Å². The summed E-state index contributed by atoms with van der Waals surface area (Å²) >= 11 is 0. The Morgan fingerprint density at radius 2 is 0.609 bits per heavy atom. The van der Waals surface area contributed by atoms with Gasteiger partial charge in [-0.05, 0) is 12.8 Å². The molecule has 384 valence electrons. The highest BCUT2D eigenvalue weighted by Gasteiger charge is 2.25. The van der Waals surface area contributed by atoms with E-state index in [-0.39, 0.29) is 5.91 Å². The molecule has 0 saturated carbocycles. The first-order valence-electron chi connectivity index (χ1n) is 29.0. The van der Waals surface area contributed by atoms with Crippen molar-refractivity contribution in [3.63, 3.8) is 0 Å². The maximum absolute atomic E-state index is 12.7. The number of aliphatic hydroxyl groups excluding tert-OH is 1. The molecule has 7 nitrogen and oxygen atoms in total. The quantitative estimate of drug-likeness (QED) is 0.0357. The number of hydrogen-bond acceptors (Lipinski definition) is 4. The van der Waals surface area contributed by atoms with Crippen LogP contribution in [0.3, 0.4) is 0 Å². The summed E-state index contributed by atoms with van der Waals surface area (Å²) in [6.45, 7) is 4.17. The third-order valence-corrected chi connectivity index (χ3v) is 14.3. The number of carbonyl (C=O) groups excluding carboxylic acids is 1. The lowest BCUT2D eigenvalue weighted by Crippen LogP contribution is -2.46. The first-order chi connectivity index (χ1) is 31.3. The second-order valence-corrected chi connectivity index (χ2v) is 21.6. The van der Waals surface area contributed by atoms with Gasteiger partial charge in [0.05, 0.1) is 18.8 Å². The van der Waals surface area contributed by atoms with Gasteiger partial charge >= 0.3 is 7.82 Å². The average molecular weight is 929 g/mol. The third-order valence-electron chi connectivity index (χ3n) is 13.8. The zero-order valence-electron chi connectivity index (χ0n) is 43.2. The number of rotatable bonds is 55. The molecule has 0 unspecified atom stereocenters. The van der Waals surface area contributed by atoms with Crippen LogP contribution in [0.15, 0.2) is 0 Å². The summed E-state index contributed by atoms with van der Waals surface area (Å²) in [6.07, 6.45) is 64.4. The summed E-state index contributed by atoms with van der Waals surface area (Å²) in [4.78, 5) is 31.1. The third kappa shape index (κ3) is 52.5. The molecule has 0 aliphatic heterocycles. The van der Waals surface area contributed by atoms with Gasteiger partial charge in [0, 0.05) is 6.42 Å². The fraction of sp³-hybridized carbons (Fsp3) is 0.982. The molecular formula is C56H114NO6P. The van der Waals surface area contributed by atoms with Crippen LogP contribution in [0.5, 0.6) is 0 Å². The number of nitrogens with one attached hydrogen (secondary N) is 1. The highest BCUT2D eigenvalue weighted by Crippen LogP contribution is 2.36. The molecule has 0 spiro atoms. The van der Waals surface area contributed by atoms with Crippen LogP contribution in [0.25, 0.3) is 0 Å². The summed E-state index contributed by atoms with van der Waals surface area (Å²) in [5.41, 5.74) is 0. The molecule has 0 radical (unpaired) electrons. The number of carbonyl (C=O) groups is 1. The van der Waals surface area contributed by atoms with Gasteiger partial charge in [0.1, 0.15) is 0 Å². The molecule has 1 amide bonds. The predicted molar refractivity (Wildman–Crippen MR) is 278 cm³/mol. The van der Waals surface area contributed by atoms with E-state index in [1.165, 1.54) is 270 Å². The van der Waals surface area contributed by atoms with Gasteiger partial charge in [0.2, 0.25) is 5.91 Å².